The van der Waals surface area contributed by atoms with Gasteiger partial charge < -0.3 is 38.6 Å². The van der Waals surface area contributed by atoms with E-state index in [1.807, 2.05) is 36.4 Å². The number of hydrogen-bond donors (Lipinski definition) is 2. The molecule has 8 nitrogen and oxygen atoms in total. The van der Waals surface area contributed by atoms with Crippen molar-refractivity contribution in [1.82, 2.24) is 0 Å². The maximum Gasteiger partial charge on any atom is 0.169 e. The SMILES string of the molecule is OC[C@H]1CCCC2(CCC[C@H](CO)O2)O1.c1ccc(COC[C@H]2CCCC3(CCC[C@H](COCc4ccccc4)O3)O2)cc1. The van der Waals surface area contributed by atoms with Gasteiger partial charge in [0.05, 0.1) is 64.1 Å². The average molecular weight is 613 g/mol. The minimum atomic E-state index is -0.517. The summed E-state index contributed by atoms with van der Waals surface area (Å²) in [7, 11) is 0. The average Bonchev–Trinajstić information content (AvgIpc) is 3.06. The molecule has 8 heteroatoms. The van der Waals surface area contributed by atoms with Crippen molar-refractivity contribution in [2.24, 2.45) is 0 Å². The molecule has 2 spiro atoms. The highest BCUT2D eigenvalue weighted by molar-refractivity contribution is 5.14. The normalized spacial score (nSPS) is 27.9. The molecular weight excluding hydrogens is 560 g/mol. The van der Waals surface area contributed by atoms with Crippen molar-refractivity contribution >= 4 is 0 Å². The standard InChI is InChI=1S/C25H32O4.C11H20O4/c1-3-9-21(10-4-1)17-26-19-23-13-7-15-25(28-23)16-8-14-24(29-25)20-27-18-22-11-5-2-6-12-22;12-7-9-3-1-5-11(14-9)6-2-4-10(8-13)15-11/h1-6,9-12,23-24H,7-8,13-20H2;9-10,12-13H,1-8H2/t23-,24-,25?;9-,10-,11?/m11/s1. The molecule has 44 heavy (non-hydrogen) atoms. The van der Waals surface area contributed by atoms with E-state index in [-0.39, 0.29) is 37.6 Å². The topological polar surface area (TPSA) is 95.8 Å². The Morgan fingerprint density at radius 3 is 1.23 bits per heavy atom. The molecule has 0 saturated carbocycles. The molecule has 2 N–H and O–H groups in total. The Hall–Kier alpha value is -1.88. The maximum atomic E-state index is 9.10. The van der Waals surface area contributed by atoms with Gasteiger partial charge in [0.25, 0.3) is 0 Å². The monoisotopic (exact) mass is 612 g/mol. The largest absolute Gasteiger partial charge is 0.394 e. The van der Waals surface area contributed by atoms with Gasteiger partial charge in [-0.1, -0.05) is 60.7 Å². The first-order chi connectivity index (χ1) is 21.6. The van der Waals surface area contributed by atoms with Gasteiger partial charge in [0.15, 0.2) is 11.6 Å². The van der Waals surface area contributed by atoms with Crippen molar-refractivity contribution in [1.29, 1.82) is 0 Å². The van der Waals surface area contributed by atoms with Crippen molar-refractivity contribution < 1.29 is 38.6 Å². The van der Waals surface area contributed by atoms with E-state index in [1.54, 1.807) is 0 Å². The number of ether oxygens (including phenoxy) is 6. The highest BCUT2D eigenvalue weighted by Gasteiger charge is 2.43. The Balaban J connectivity index is 0.000000215. The van der Waals surface area contributed by atoms with Crippen molar-refractivity contribution in [2.75, 3.05) is 26.4 Å². The van der Waals surface area contributed by atoms with Gasteiger partial charge in [-0.3, -0.25) is 0 Å². The molecule has 244 valence electrons. The highest BCUT2D eigenvalue weighted by atomic mass is 16.7. The van der Waals surface area contributed by atoms with E-state index in [1.165, 1.54) is 11.1 Å². The lowest BCUT2D eigenvalue weighted by Crippen LogP contribution is -2.49. The van der Waals surface area contributed by atoms with Crippen molar-refractivity contribution in [3.63, 3.8) is 0 Å². The van der Waals surface area contributed by atoms with E-state index in [9.17, 15) is 0 Å². The number of aliphatic hydroxyl groups is 2. The molecule has 0 aromatic heterocycles. The molecular formula is C36H52O8. The first-order valence-electron chi connectivity index (χ1n) is 16.8. The zero-order valence-corrected chi connectivity index (χ0v) is 26.2. The molecule has 4 aliphatic rings. The molecule has 2 aromatic rings. The minimum absolute atomic E-state index is 0.0644. The summed E-state index contributed by atoms with van der Waals surface area (Å²) < 4.78 is 36.4. The second-order valence-electron chi connectivity index (χ2n) is 12.7. The van der Waals surface area contributed by atoms with Crippen LogP contribution in [0, 0.1) is 0 Å². The summed E-state index contributed by atoms with van der Waals surface area (Å²) >= 11 is 0. The van der Waals surface area contributed by atoms with Gasteiger partial charge in [0.1, 0.15) is 0 Å². The van der Waals surface area contributed by atoms with E-state index in [2.05, 4.69) is 24.3 Å². The van der Waals surface area contributed by atoms with Crippen LogP contribution in [-0.2, 0) is 41.6 Å². The van der Waals surface area contributed by atoms with Crippen molar-refractivity contribution in [3.05, 3.63) is 71.8 Å². The predicted molar refractivity (Wildman–Crippen MR) is 167 cm³/mol. The maximum absolute atomic E-state index is 9.10. The van der Waals surface area contributed by atoms with Crippen LogP contribution < -0.4 is 0 Å². The molecule has 4 saturated heterocycles. The first kappa shape index (κ1) is 33.5. The van der Waals surface area contributed by atoms with E-state index in [4.69, 9.17) is 38.6 Å². The van der Waals surface area contributed by atoms with Crippen molar-refractivity contribution in [2.45, 2.75) is 126 Å². The minimum Gasteiger partial charge on any atom is -0.394 e. The smallest absolute Gasteiger partial charge is 0.169 e. The van der Waals surface area contributed by atoms with E-state index in [0.29, 0.717) is 26.4 Å². The molecule has 6 rings (SSSR count). The van der Waals surface area contributed by atoms with Crippen molar-refractivity contribution in [3.8, 4) is 0 Å². The van der Waals surface area contributed by atoms with Crippen LogP contribution in [0.25, 0.3) is 0 Å². The highest BCUT2D eigenvalue weighted by Crippen LogP contribution is 2.40. The van der Waals surface area contributed by atoms with E-state index in [0.717, 1.165) is 77.0 Å². The van der Waals surface area contributed by atoms with Gasteiger partial charge in [-0.2, -0.15) is 0 Å². The third-order valence-electron chi connectivity index (χ3n) is 9.10. The van der Waals surface area contributed by atoms with Gasteiger partial charge in [0.2, 0.25) is 0 Å². The molecule has 0 aliphatic carbocycles. The van der Waals surface area contributed by atoms with Gasteiger partial charge in [-0.15, -0.1) is 0 Å². The molecule has 4 aliphatic heterocycles. The lowest BCUT2D eigenvalue weighted by atomic mass is 9.93. The summed E-state index contributed by atoms with van der Waals surface area (Å²) in [6.07, 6.45) is 12.0. The molecule has 2 aromatic carbocycles. The quantitative estimate of drug-likeness (QED) is 0.334. The summed E-state index contributed by atoms with van der Waals surface area (Å²) in [6.45, 7) is 2.63. The fourth-order valence-electron chi connectivity index (χ4n) is 6.88. The van der Waals surface area contributed by atoms with Gasteiger partial charge in [-0.05, 0) is 62.5 Å². The number of aliphatic hydroxyl groups excluding tert-OH is 2. The molecule has 0 amide bonds. The second kappa shape index (κ2) is 17.2. The van der Waals surface area contributed by atoms with Crippen LogP contribution in [0.5, 0.6) is 0 Å². The Morgan fingerprint density at radius 2 is 0.864 bits per heavy atom. The van der Waals surface area contributed by atoms with Crippen LogP contribution in [0.3, 0.4) is 0 Å². The number of benzene rings is 2. The predicted octanol–water partition coefficient (Wildman–Crippen LogP) is 6.06. The fourth-order valence-corrected chi connectivity index (χ4v) is 6.88. The molecule has 0 radical (unpaired) electrons. The molecule has 0 unspecified atom stereocenters. The fraction of sp³-hybridized carbons (Fsp3) is 0.667. The van der Waals surface area contributed by atoms with Crippen LogP contribution >= 0.6 is 0 Å². The zero-order chi connectivity index (χ0) is 30.5. The summed E-state index contributed by atoms with van der Waals surface area (Å²) in [6, 6.07) is 20.6. The lowest BCUT2D eigenvalue weighted by Gasteiger charge is -2.45. The number of rotatable bonds is 10. The second-order valence-corrected chi connectivity index (χ2v) is 12.7. The van der Waals surface area contributed by atoms with Gasteiger partial charge >= 0.3 is 0 Å². The molecule has 4 heterocycles. The van der Waals surface area contributed by atoms with Crippen LogP contribution in [0.4, 0.5) is 0 Å². The molecule has 4 fully saturated rings. The van der Waals surface area contributed by atoms with E-state index >= 15 is 0 Å². The zero-order valence-electron chi connectivity index (χ0n) is 26.2. The summed E-state index contributed by atoms with van der Waals surface area (Å²) in [5.41, 5.74) is 2.39. The van der Waals surface area contributed by atoms with Gasteiger partial charge in [-0.25, -0.2) is 0 Å². The third kappa shape index (κ3) is 10.1. The lowest BCUT2D eigenvalue weighted by molar-refractivity contribution is -0.323. The Bertz CT molecular complexity index is 981. The van der Waals surface area contributed by atoms with Crippen LogP contribution in [-0.4, -0.2) is 72.6 Å². The Kier molecular flexibility index (Phi) is 13.1. The van der Waals surface area contributed by atoms with Crippen LogP contribution in [0.15, 0.2) is 60.7 Å². The van der Waals surface area contributed by atoms with Gasteiger partial charge in [0, 0.05) is 25.7 Å². The third-order valence-corrected chi connectivity index (χ3v) is 9.10. The van der Waals surface area contributed by atoms with Crippen LogP contribution in [0.2, 0.25) is 0 Å². The first-order valence-corrected chi connectivity index (χ1v) is 16.8. The van der Waals surface area contributed by atoms with E-state index < -0.39 is 11.6 Å². The Morgan fingerprint density at radius 1 is 0.523 bits per heavy atom. The summed E-state index contributed by atoms with van der Waals surface area (Å²) in [4.78, 5) is 0. The molecule has 4 atom stereocenters. The molecule has 0 bridgehead atoms. The number of hydrogen-bond acceptors (Lipinski definition) is 8. The summed E-state index contributed by atoms with van der Waals surface area (Å²) in [5.74, 6) is -0.963. The summed E-state index contributed by atoms with van der Waals surface area (Å²) in [5, 5.41) is 18.2. The van der Waals surface area contributed by atoms with Crippen LogP contribution in [0.1, 0.15) is 88.2 Å². The Labute approximate surface area is 262 Å².